The lowest BCUT2D eigenvalue weighted by molar-refractivity contribution is 0.263. The molecule has 2 nitrogen and oxygen atoms in total. The lowest BCUT2D eigenvalue weighted by Crippen LogP contribution is -2.22. The van der Waals surface area contributed by atoms with E-state index in [1.54, 1.807) is 0 Å². The minimum atomic E-state index is 0.328. The van der Waals surface area contributed by atoms with Gasteiger partial charge in [-0.05, 0) is 42.7 Å². The molecule has 0 bridgehead atoms. The number of rotatable bonds is 5. The fraction of sp³-hybridized carbons (Fsp3) is 0.625. The van der Waals surface area contributed by atoms with Gasteiger partial charge in [0.2, 0.25) is 0 Å². The summed E-state index contributed by atoms with van der Waals surface area (Å²) in [5, 5.41) is 9.07. The fourth-order valence-electron chi connectivity index (χ4n) is 3.08. The van der Waals surface area contributed by atoms with Crippen molar-refractivity contribution in [1.82, 2.24) is 0 Å². The van der Waals surface area contributed by atoms with E-state index >= 15 is 0 Å². The van der Waals surface area contributed by atoms with E-state index in [4.69, 9.17) is 5.11 Å². The second-order valence-corrected chi connectivity index (χ2v) is 5.24. The molecule has 0 radical (unpaired) electrons. The van der Waals surface area contributed by atoms with E-state index in [9.17, 15) is 0 Å². The first-order chi connectivity index (χ1) is 8.80. The van der Waals surface area contributed by atoms with E-state index in [1.807, 2.05) is 0 Å². The van der Waals surface area contributed by atoms with Crippen LogP contribution in [-0.2, 0) is 12.8 Å². The summed E-state index contributed by atoms with van der Waals surface area (Å²) < 4.78 is 0. The summed E-state index contributed by atoms with van der Waals surface area (Å²) in [7, 11) is 0. The van der Waals surface area contributed by atoms with Gasteiger partial charge in [0.1, 0.15) is 0 Å². The molecular weight excluding hydrogens is 222 g/mol. The highest BCUT2D eigenvalue weighted by Crippen LogP contribution is 2.32. The van der Waals surface area contributed by atoms with Gasteiger partial charge in [0.05, 0.1) is 0 Å². The van der Waals surface area contributed by atoms with Crippen LogP contribution < -0.4 is 4.90 Å². The third-order valence-corrected chi connectivity index (χ3v) is 4.10. The van der Waals surface area contributed by atoms with E-state index in [0.29, 0.717) is 12.5 Å². The van der Waals surface area contributed by atoms with Gasteiger partial charge in [0.15, 0.2) is 0 Å². The zero-order valence-corrected chi connectivity index (χ0v) is 11.7. The van der Waals surface area contributed by atoms with E-state index in [1.165, 1.54) is 23.2 Å². The second kappa shape index (κ2) is 6.24. The van der Waals surface area contributed by atoms with Crippen LogP contribution in [0.2, 0.25) is 0 Å². The van der Waals surface area contributed by atoms with Crippen molar-refractivity contribution in [3.05, 3.63) is 29.3 Å². The van der Waals surface area contributed by atoms with Crippen LogP contribution in [-0.4, -0.2) is 24.8 Å². The summed E-state index contributed by atoms with van der Waals surface area (Å²) in [5.74, 6) is 0.671. The zero-order chi connectivity index (χ0) is 13.0. The lowest BCUT2D eigenvalue weighted by atomic mass is 10.0. The number of aryl methyl sites for hydroxylation is 2. The summed E-state index contributed by atoms with van der Waals surface area (Å²) in [6.07, 6.45) is 4.38. The highest BCUT2D eigenvalue weighted by Gasteiger charge is 2.24. The average molecular weight is 247 g/mol. The summed E-state index contributed by atoms with van der Waals surface area (Å²) in [5.41, 5.74) is 4.42. The average Bonchev–Trinajstić information content (AvgIpc) is 2.86. The first-order valence-corrected chi connectivity index (χ1v) is 7.26. The highest BCUT2D eigenvalue weighted by atomic mass is 16.3. The number of anilines is 1. The molecule has 0 aliphatic carbocycles. The smallest absolute Gasteiger partial charge is 0.0434 e. The van der Waals surface area contributed by atoms with Crippen molar-refractivity contribution >= 4 is 5.69 Å². The third-order valence-electron chi connectivity index (χ3n) is 4.10. The standard InChI is InChI=1S/C16H25NO/c1-3-14-6-5-7-15(4-2)16(14)17-10-8-13(12-17)9-11-18/h5-7,13,18H,3-4,8-12H2,1-2H3. The molecule has 1 unspecified atom stereocenters. The maximum atomic E-state index is 9.07. The van der Waals surface area contributed by atoms with Crippen molar-refractivity contribution < 1.29 is 5.11 Å². The molecule has 0 aromatic heterocycles. The minimum absolute atomic E-state index is 0.328. The maximum absolute atomic E-state index is 9.07. The molecule has 1 N–H and O–H groups in total. The summed E-state index contributed by atoms with van der Waals surface area (Å²) in [6, 6.07) is 6.70. The minimum Gasteiger partial charge on any atom is -0.396 e. The van der Waals surface area contributed by atoms with Gasteiger partial charge in [-0.3, -0.25) is 0 Å². The number of aliphatic hydroxyl groups is 1. The van der Waals surface area contributed by atoms with Crippen LogP contribution >= 0.6 is 0 Å². The Kier molecular flexibility index (Phi) is 4.65. The summed E-state index contributed by atoms with van der Waals surface area (Å²) >= 11 is 0. The lowest BCUT2D eigenvalue weighted by Gasteiger charge is -2.25. The molecule has 0 spiro atoms. The van der Waals surface area contributed by atoms with E-state index in [-0.39, 0.29) is 0 Å². The topological polar surface area (TPSA) is 23.5 Å². The van der Waals surface area contributed by atoms with Crippen LogP contribution in [0.5, 0.6) is 0 Å². The molecule has 1 aliphatic rings. The van der Waals surface area contributed by atoms with Crippen molar-refractivity contribution in [3.63, 3.8) is 0 Å². The van der Waals surface area contributed by atoms with Gasteiger partial charge < -0.3 is 10.0 Å². The molecule has 2 rings (SSSR count). The number of nitrogens with zero attached hydrogens (tertiary/aromatic N) is 1. The summed E-state index contributed by atoms with van der Waals surface area (Å²) in [6.45, 7) is 7.06. The Morgan fingerprint density at radius 2 is 1.89 bits per heavy atom. The van der Waals surface area contributed by atoms with Gasteiger partial charge in [-0.15, -0.1) is 0 Å². The monoisotopic (exact) mass is 247 g/mol. The summed E-state index contributed by atoms with van der Waals surface area (Å²) in [4.78, 5) is 2.54. The molecule has 1 atom stereocenters. The Hall–Kier alpha value is -1.02. The van der Waals surface area contributed by atoms with E-state index in [2.05, 4.69) is 36.9 Å². The predicted molar refractivity (Wildman–Crippen MR) is 77.2 cm³/mol. The van der Waals surface area contributed by atoms with Gasteiger partial charge in [0, 0.05) is 25.4 Å². The quantitative estimate of drug-likeness (QED) is 0.864. The van der Waals surface area contributed by atoms with Crippen LogP contribution in [0.1, 0.15) is 37.8 Å². The van der Waals surface area contributed by atoms with Crippen molar-refractivity contribution in [1.29, 1.82) is 0 Å². The van der Waals surface area contributed by atoms with E-state index < -0.39 is 0 Å². The molecular formula is C16H25NO. The van der Waals surface area contributed by atoms with Gasteiger partial charge in [-0.2, -0.15) is 0 Å². The van der Waals surface area contributed by atoms with Crippen LogP contribution in [0, 0.1) is 5.92 Å². The molecule has 0 amide bonds. The molecule has 1 fully saturated rings. The first-order valence-electron chi connectivity index (χ1n) is 7.26. The van der Waals surface area contributed by atoms with Crippen LogP contribution in [0.25, 0.3) is 0 Å². The Labute approximate surface area is 111 Å². The number of aliphatic hydroxyl groups excluding tert-OH is 1. The normalized spacial score (nSPS) is 19.5. The molecule has 100 valence electrons. The Morgan fingerprint density at radius 1 is 1.22 bits per heavy atom. The number of para-hydroxylation sites is 1. The maximum Gasteiger partial charge on any atom is 0.0434 e. The van der Waals surface area contributed by atoms with Crippen LogP contribution in [0.4, 0.5) is 5.69 Å². The SMILES string of the molecule is CCc1cccc(CC)c1N1CCC(CCO)C1. The van der Waals surface area contributed by atoms with Crippen LogP contribution in [0.15, 0.2) is 18.2 Å². The zero-order valence-electron chi connectivity index (χ0n) is 11.7. The van der Waals surface area contributed by atoms with Crippen molar-refractivity contribution in [3.8, 4) is 0 Å². The third kappa shape index (κ3) is 2.69. The molecule has 1 aromatic rings. The second-order valence-electron chi connectivity index (χ2n) is 5.24. The first kappa shape index (κ1) is 13.4. The number of hydrogen-bond donors (Lipinski definition) is 1. The molecule has 1 aromatic carbocycles. The van der Waals surface area contributed by atoms with Gasteiger partial charge >= 0.3 is 0 Å². The molecule has 0 saturated carbocycles. The molecule has 1 aliphatic heterocycles. The Bertz CT molecular complexity index is 366. The predicted octanol–water partition coefficient (Wildman–Crippen LogP) is 3.02. The largest absolute Gasteiger partial charge is 0.396 e. The fourth-order valence-corrected chi connectivity index (χ4v) is 3.08. The van der Waals surface area contributed by atoms with Gasteiger partial charge in [-0.1, -0.05) is 32.0 Å². The van der Waals surface area contributed by atoms with Crippen molar-refractivity contribution in [2.75, 3.05) is 24.6 Å². The van der Waals surface area contributed by atoms with Gasteiger partial charge in [0.25, 0.3) is 0 Å². The molecule has 1 heterocycles. The molecule has 2 heteroatoms. The number of hydrogen-bond acceptors (Lipinski definition) is 2. The molecule has 18 heavy (non-hydrogen) atoms. The van der Waals surface area contributed by atoms with Crippen LogP contribution in [0.3, 0.4) is 0 Å². The Morgan fingerprint density at radius 3 is 2.44 bits per heavy atom. The van der Waals surface area contributed by atoms with Crippen molar-refractivity contribution in [2.45, 2.75) is 39.5 Å². The number of benzene rings is 1. The molecule has 1 saturated heterocycles. The Balaban J connectivity index is 2.22. The van der Waals surface area contributed by atoms with Crippen molar-refractivity contribution in [2.24, 2.45) is 5.92 Å². The highest BCUT2D eigenvalue weighted by molar-refractivity contribution is 5.60. The van der Waals surface area contributed by atoms with E-state index in [0.717, 1.165) is 32.4 Å². The van der Waals surface area contributed by atoms with Gasteiger partial charge in [-0.25, -0.2) is 0 Å².